The minimum atomic E-state index is -0.891. The molecule has 3 nitrogen and oxygen atoms in total. The maximum atomic E-state index is 12.0. The quantitative estimate of drug-likeness (QED) is 0.349. The lowest BCUT2D eigenvalue weighted by atomic mass is 9.76. The van der Waals surface area contributed by atoms with Gasteiger partial charge in [-0.05, 0) is 83.5 Å². The standard InChI is InChI=1S/C31H33NO2/c1-2-3-4-5-22-6-10-26(11-7-22)28-18-19-29(31(33)34)30(20-28)27-16-14-25(15-17-27)24-12-8-23(21-32)9-13-24/h8-9,12-20,22,26H,2-7,10-11H2,1H3,(H,33,34). The molecule has 0 amide bonds. The summed E-state index contributed by atoms with van der Waals surface area (Å²) < 4.78 is 0. The van der Waals surface area contributed by atoms with Crippen LogP contribution < -0.4 is 0 Å². The van der Waals surface area contributed by atoms with Gasteiger partial charge in [0.1, 0.15) is 0 Å². The van der Waals surface area contributed by atoms with Crippen molar-refractivity contribution in [3.63, 3.8) is 0 Å². The van der Waals surface area contributed by atoms with Crippen LogP contribution in [0.15, 0.2) is 66.7 Å². The third-order valence-electron chi connectivity index (χ3n) is 7.35. The Labute approximate surface area is 203 Å². The van der Waals surface area contributed by atoms with E-state index in [1.807, 2.05) is 54.6 Å². The third kappa shape index (κ3) is 5.57. The molecule has 3 heteroatoms. The van der Waals surface area contributed by atoms with Gasteiger partial charge in [0.25, 0.3) is 0 Å². The van der Waals surface area contributed by atoms with E-state index in [9.17, 15) is 9.90 Å². The van der Waals surface area contributed by atoms with E-state index in [0.29, 0.717) is 17.0 Å². The predicted octanol–water partition coefficient (Wildman–Crippen LogP) is 8.44. The van der Waals surface area contributed by atoms with Crippen molar-refractivity contribution in [3.8, 4) is 28.3 Å². The van der Waals surface area contributed by atoms with Crippen LogP contribution in [0.3, 0.4) is 0 Å². The highest BCUT2D eigenvalue weighted by atomic mass is 16.4. The lowest BCUT2D eigenvalue weighted by Crippen LogP contribution is -2.14. The number of benzene rings is 3. The molecule has 3 aromatic carbocycles. The molecule has 1 N–H and O–H groups in total. The Balaban J connectivity index is 1.53. The summed E-state index contributed by atoms with van der Waals surface area (Å²) in [5.41, 5.74) is 6.05. The van der Waals surface area contributed by atoms with Gasteiger partial charge in [0.15, 0.2) is 0 Å². The van der Waals surface area contributed by atoms with Crippen molar-refractivity contribution in [1.29, 1.82) is 5.26 Å². The van der Waals surface area contributed by atoms with Gasteiger partial charge in [0.2, 0.25) is 0 Å². The number of hydrogen-bond acceptors (Lipinski definition) is 2. The lowest BCUT2D eigenvalue weighted by Gasteiger charge is -2.29. The third-order valence-corrected chi connectivity index (χ3v) is 7.35. The van der Waals surface area contributed by atoms with Gasteiger partial charge in [-0.25, -0.2) is 4.79 Å². The summed E-state index contributed by atoms with van der Waals surface area (Å²) in [6.07, 6.45) is 10.3. The molecule has 1 fully saturated rings. The molecule has 0 aliphatic heterocycles. The van der Waals surface area contributed by atoms with Crippen LogP contribution in [0.1, 0.15) is 85.7 Å². The minimum absolute atomic E-state index is 0.350. The van der Waals surface area contributed by atoms with Crippen molar-refractivity contribution in [2.75, 3.05) is 0 Å². The van der Waals surface area contributed by atoms with Crippen LogP contribution in [-0.4, -0.2) is 11.1 Å². The van der Waals surface area contributed by atoms with Crippen LogP contribution in [0.5, 0.6) is 0 Å². The number of carbonyl (C=O) groups is 1. The number of nitrogens with zero attached hydrogens (tertiary/aromatic N) is 1. The molecular formula is C31H33NO2. The summed E-state index contributed by atoms with van der Waals surface area (Å²) in [4.78, 5) is 12.0. The molecule has 0 radical (unpaired) electrons. The van der Waals surface area contributed by atoms with Crippen molar-refractivity contribution < 1.29 is 9.90 Å². The van der Waals surface area contributed by atoms with E-state index in [-0.39, 0.29) is 0 Å². The highest BCUT2D eigenvalue weighted by molar-refractivity contribution is 5.96. The Morgan fingerprint density at radius 2 is 1.50 bits per heavy atom. The van der Waals surface area contributed by atoms with Crippen molar-refractivity contribution in [2.45, 2.75) is 64.2 Å². The van der Waals surface area contributed by atoms with E-state index in [4.69, 9.17) is 5.26 Å². The summed E-state index contributed by atoms with van der Waals surface area (Å²) in [5, 5.41) is 18.8. The van der Waals surface area contributed by atoms with Crippen LogP contribution in [0, 0.1) is 17.2 Å². The smallest absolute Gasteiger partial charge is 0.336 e. The highest BCUT2D eigenvalue weighted by Gasteiger charge is 2.23. The maximum absolute atomic E-state index is 12.0. The van der Waals surface area contributed by atoms with Crippen molar-refractivity contribution in [3.05, 3.63) is 83.4 Å². The average Bonchev–Trinajstić information content (AvgIpc) is 2.89. The molecule has 1 saturated carbocycles. The zero-order chi connectivity index (χ0) is 23.9. The molecule has 3 aromatic rings. The number of hydrogen-bond donors (Lipinski definition) is 1. The first kappa shape index (κ1) is 23.8. The molecule has 0 unspecified atom stereocenters. The Morgan fingerprint density at radius 3 is 2.09 bits per heavy atom. The Kier molecular flexibility index (Phi) is 7.80. The van der Waals surface area contributed by atoms with E-state index in [1.165, 1.54) is 56.9 Å². The van der Waals surface area contributed by atoms with Crippen LogP contribution >= 0.6 is 0 Å². The molecule has 0 bridgehead atoms. The highest BCUT2D eigenvalue weighted by Crippen LogP contribution is 2.39. The summed E-state index contributed by atoms with van der Waals surface area (Å²) in [7, 11) is 0. The fourth-order valence-electron chi connectivity index (χ4n) is 5.29. The summed E-state index contributed by atoms with van der Waals surface area (Å²) >= 11 is 0. The summed E-state index contributed by atoms with van der Waals surface area (Å²) in [5.74, 6) is 0.481. The molecule has 0 aromatic heterocycles. The first-order chi connectivity index (χ1) is 16.6. The molecule has 0 spiro atoms. The first-order valence-corrected chi connectivity index (χ1v) is 12.6. The zero-order valence-corrected chi connectivity index (χ0v) is 20.0. The predicted molar refractivity (Wildman–Crippen MR) is 138 cm³/mol. The van der Waals surface area contributed by atoms with Crippen molar-refractivity contribution in [1.82, 2.24) is 0 Å². The van der Waals surface area contributed by atoms with Crippen molar-refractivity contribution in [2.24, 2.45) is 5.92 Å². The number of unbranched alkanes of at least 4 members (excludes halogenated alkanes) is 2. The molecule has 4 rings (SSSR count). The summed E-state index contributed by atoms with van der Waals surface area (Å²) in [6.45, 7) is 2.26. The van der Waals surface area contributed by atoms with Gasteiger partial charge in [0, 0.05) is 0 Å². The molecule has 0 heterocycles. The van der Waals surface area contributed by atoms with E-state index in [0.717, 1.165) is 28.2 Å². The van der Waals surface area contributed by atoms with Gasteiger partial charge < -0.3 is 5.11 Å². The van der Waals surface area contributed by atoms with Gasteiger partial charge in [0.05, 0.1) is 17.2 Å². The largest absolute Gasteiger partial charge is 0.478 e. The Hall–Kier alpha value is -3.38. The van der Waals surface area contributed by atoms with E-state index >= 15 is 0 Å². The number of rotatable bonds is 8. The zero-order valence-electron chi connectivity index (χ0n) is 20.0. The van der Waals surface area contributed by atoms with Gasteiger partial charge in [-0.1, -0.05) is 81.1 Å². The van der Waals surface area contributed by atoms with E-state index in [1.54, 1.807) is 6.07 Å². The number of aromatic carboxylic acids is 1. The van der Waals surface area contributed by atoms with Crippen LogP contribution in [0.2, 0.25) is 0 Å². The Morgan fingerprint density at radius 1 is 0.882 bits per heavy atom. The Bertz CT molecular complexity index is 1150. The number of nitriles is 1. The fraction of sp³-hybridized carbons (Fsp3) is 0.355. The molecule has 1 aliphatic rings. The van der Waals surface area contributed by atoms with Crippen LogP contribution in [-0.2, 0) is 0 Å². The minimum Gasteiger partial charge on any atom is -0.478 e. The van der Waals surface area contributed by atoms with E-state index < -0.39 is 5.97 Å². The fourth-order valence-corrected chi connectivity index (χ4v) is 5.29. The average molecular weight is 452 g/mol. The van der Waals surface area contributed by atoms with Gasteiger partial charge in [-0.15, -0.1) is 0 Å². The molecule has 1 aliphatic carbocycles. The van der Waals surface area contributed by atoms with Crippen LogP contribution in [0.25, 0.3) is 22.3 Å². The number of carboxylic acid groups (broad SMARTS) is 1. The van der Waals surface area contributed by atoms with Gasteiger partial charge in [-0.2, -0.15) is 5.26 Å². The van der Waals surface area contributed by atoms with Crippen molar-refractivity contribution >= 4 is 5.97 Å². The SMILES string of the molecule is CCCCCC1CCC(c2ccc(C(=O)O)c(-c3ccc(-c4ccc(C#N)cc4)cc3)c2)CC1. The van der Waals surface area contributed by atoms with E-state index in [2.05, 4.69) is 19.1 Å². The maximum Gasteiger partial charge on any atom is 0.336 e. The normalized spacial score (nSPS) is 17.8. The molecule has 0 saturated heterocycles. The molecule has 0 atom stereocenters. The topological polar surface area (TPSA) is 61.1 Å². The second-order valence-corrected chi connectivity index (χ2v) is 9.59. The molecular weight excluding hydrogens is 418 g/mol. The second-order valence-electron chi connectivity index (χ2n) is 9.59. The second kappa shape index (κ2) is 11.2. The summed E-state index contributed by atoms with van der Waals surface area (Å²) in [6, 6.07) is 23.6. The molecule has 34 heavy (non-hydrogen) atoms. The van der Waals surface area contributed by atoms with Gasteiger partial charge in [-0.3, -0.25) is 0 Å². The first-order valence-electron chi connectivity index (χ1n) is 12.6. The lowest BCUT2D eigenvalue weighted by molar-refractivity contribution is 0.0697. The monoisotopic (exact) mass is 451 g/mol. The van der Waals surface area contributed by atoms with Gasteiger partial charge >= 0.3 is 5.97 Å². The molecule has 174 valence electrons. The van der Waals surface area contributed by atoms with Crippen LogP contribution in [0.4, 0.5) is 0 Å². The number of carboxylic acids is 1.